The SMILES string of the molecule is COc1cc(/C(O)=C2/C(=O)C(=O)N(c3ccc(N(C)C)cc3)C2c2cccnc2)ccc1Cl. The summed E-state index contributed by atoms with van der Waals surface area (Å²) < 4.78 is 5.24. The number of anilines is 2. The molecule has 8 heteroatoms. The third kappa shape index (κ3) is 4.03. The summed E-state index contributed by atoms with van der Waals surface area (Å²) in [5.41, 5.74) is 2.35. The summed E-state index contributed by atoms with van der Waals surface area (Å²) in [7, 11) is 5.28. The Bertz CT molecular complexity index is 1240. The molecule has 0 bridgehead atoms. The normalized spacial score (nSPS) is 17.3. The smallest absolute Gasteiger partial charge is 0.300 e. The van der Waals surface area contributed by atoms with Gasteiger partial charge in [-0.2, -0.15) is 0 Å². The number of benzene rings is 2. The fourth-order valence-corrected chi connectivity index (χ4v) is 4.02. The number of carbonyl (C=O) groups excluding carboxylic acids is 2. The van der Waals surface area contributed by atoms with Crippen LogP contribution in [0.2, 0.25) is 5.02 Å². The number of aliphatic hydroxyl groups excluding tert-OH is 1. The Balaban J connectivity index is 1.90. The molecule has 1 aliphatic heterocycles. The molecule has 3 aromatic rings. The third-order valence-electron chi connectivity index (χ3n) is 5.51. The molecule has 1 N–H and O–H groups in total. The molecule has 2 heterocycles. The molecule has 0 saturated carbocycles. The van der Waals surface area contributed by atoms with Crippen LogP contribution in [0.3, 0.4) is 0 Å². The van der Waals surface area contributed by atoms with Gasteiger partial charge in [0.25, 0.3) is 11.7 Å². The van der Waals surface area contributed by atoms with E-state index in [4.69, 9.17) is 16.3 Å². The molecule has 0 spiro atoms. The summed E-state index contributed by atoms with van der Waals surface area (Å²) in [6, 6.07) is 14.5. The molecule has 1 unspecified atom stereocenters. The minimum Gasteiger partial charge on any atom is -0.507 e. The van der Waals surface area contributed by atoms with E-state index in [0.717, 1.165) is 5.69 Å². The number of carbonyl (C=O) groups is 2. The zero-order valence-electron chi connectivity index (χ0n) is 18.3. The van der Waals surface area contributed by atoms with E-state index in [0.29, 0.717) is 27.6 Å². The van der Waals surface area contributed by atoms with Gasteiger partial charge in [-0.15, -0.1) is 0 Å². The zero-order chi connectivity index (χ0) is 23.7. The Morgan fingerprint density at radius 1 is 1.12 bits per heavy atom. The van der Waals surface area contributed by atoms with E-state index in [1.54, 1.807) is 48.8 Å². The van der Waals surface area contributed by atoms with Crippen LogP contribution in [0.1, 0.15) is 17.2 Å². The van der Waals surface area contributed by atoms with Crippen LogP contribution in [0.15, 0.2) is 72.6 Å². The monoisotopic (exact) mass is 463 g/mol. The van der Waals surface area contributed by atoms with Crippen LogP contribution in [0.5, 0.6) is 5.75 Å². The first-order valence-electron chi connectivity index (χ1n) is 10.2. The van der Waals surface area contributed by atoms with Gasteiger partial charge in [0, 0.05) is 43.4 Å². The minimum atomic E-state index is -0.856. The first-order valence-corrected chi connectivity index (χ1v) is 10.5. The fourth-order valence-electron chi connectivity index (χ4n) is 3.83. The number of ether oxygens (including phenoxy) is 1. The highest BCUT2D eigenvalue weighted by Gasteiger charge is 2.47. The zero-order valence-corrected chi connectivity index (χ0v) is 19.1. The standard InChI is InChI=1S/C25H22ClN3O4/c1-28(2)17-7-9-18(10-8-17)29-22(16-5-4-12-27-14-16)21(24(31)25(29)32)23(30)15-6-11-19(26)20(13-15)33-3/h4-14,22,30H,1-3H3/b23-21-. The molecular formula is C25H22ClN3O4. The predicted molar refractivity (Wildman–Crippen MR) is 128 cm³/mol. The lowest BCUT2D eigenvalue weighted by molar-refractivity contribution is -0.132. The number of hydrogen-bond donors (Lipinski definition) is 1. The molecule has 7 nitrogen and oxygen atoms in total. The number of amides is 1. The lowest BCUT2D eigenvalue weighted by atomic mass is 9.96. The van der Waals surface area contributed by atoms with Crippen molar-refractivity contribution in [1.82, 2.24) is 4.98 Å². The van der Waals surface area contributed by atoms with Crippen LogP contribution < -0.4 is 14.5 Å². The molecule has 0 aliphatic carbocycles. The van der Waals surface area contributed by atoms with Gasteiger partial charge in [0.2, 0.25) is 0 Å². The van der Waals surface area contributed by atoms with Crippen molar-refractivity contribution < 1.29 is 19.4 Å². The average molecular weight is 464 g/mol. The summed E-state index contributed by atoms with van der Waals surface area (Å²) in [6.07, 6.45) is 3.18. The summed E-state index contributed by atoms with van der Waals surface area (Å²) in [5.74, 6) is -1.49. The second kappa shape index (κ2) is 8.96. The number of aromatic nitrogens is 1. The van der Waals surface area contributed by atoms with Gasteiger partial charge in [0.1, 0.15) is 11.5 Å². The van der Waals surface area contributed by atoms with Crippen LogP contribution >= 0.6 is 11.6 Å². The van der Waals surface area contributed by atoms with Crippen molar-refractivity contribution in [2.75, 3.05) is 31.0 Å². The summed E-state index contributed by atoms with van der Waals surface area (Å²) in [4.78, 5) is 33.8. The van der Waals surface area contributed by atoms with Crippen LogP contribution in [-0.2, 0) is 9.59 Å². The van der Waals surface area contributed by atoms with Crippen LogP contribution in [0.25, 0.3) is 5.76 Å². The van der Waals surface area contributed by atoms with Gasteiger partial charge in [0.05, 0.1) is 23.7 Å². The van der Waals surface area contributed by atoms with E-state index in [2.05, 4.69) is 4.98 Å². The van der Waals surface area contributed by atoms with Crippen molar-refractivity contribution in [1.29, 1.82) is 0 Å². The molecule has 1 amide bonds. The summed E-state index contributed by atoms with van der Waals surface area (Å²) in [5, 5.41) is 11.5. The molecule has 33 heavy (non-hydrogen) atoms. The van der Waals surface area contributed by atoms with Crippen LogP contribution in [-0.4, -0.2) is 43.0 Å². The van der Waals surface area contributed by atoms with Crippen molar-refractivity contribution in [2.45, 2.75) is 6.04 Å². The Morgan fingerprint density at radius 3 is 2.45 bits per heavy atom. The minimum absolute atomic E-state index is 0.0333. The highest BCUT2D eigenvalue weighted by molar-refractivity contribution is 6.51. The molecule has 1 fully saturated rings. The van der Waals surface area contributed by atoms with E-state index in [1.165, 1.54) is 18.1 Å². The van der Waals surface area contributed by atoms with Crippen molar-refractivity contribution in [3.63, 3.8) is 0 Å². The highest BCUT2D eigenvalue weighted by Crippen LogP contribution is 2.42. The van der Waals surface area contributed by atoms with E-state index >= 15 is 0 Å². The summed E-state index contributed by atoms with van der Waals surface area (Å²) >= 11 is 6.11. The summed E-state index contributed by atoms with van der Waals surface area (Å²) in [6.45, 7) is 0. The molecule has 1 aliphatic rings. The van der Waals surface area contributed by atoms with Crippen LogP contribution in [0, 0.1) is 0 Å². The molecule has 1 aromatic heterocycles. The van der Waals surface area contributed by atoms with Gasteiger partial charge in [0.15, 0.2) is 0 Å². The number of nitrogens with zero attached hydrogens (tertiary/aromatic N) is 3. The Kier molecular flexibility index (Phi) is 6.07. The van der Waals surface area contributed by atoms with Gasteiger partial charge in [-0.3, -0.25) is 19.5 Å². The number of ketones is 1. The number of halogens is 1. The number of pyridine rings is 1. The Hall–Kier alpha value is -3.84. The van der Waals surface area contributed by atoms with E-state index in [9.17, 15) is 14.7 Å². The van der Waals surface area contributed by atoms with Crippen molar-refractivity contribution in [3.05, 3.63) is 88.7 Å². The lowest BCUT2D eigenvalue weighted by Crippen LogP contribution is -2.29. The maximum atomic E-state index is 13.2. The molecule has 4 rings (SSSR count). The third-order valence-corrected chi connectivity index (χ3v) is 5.83. The van der Waals surface area contributed by atoms with Gasteiger partial charge >= 0.3 is 0 Å². The van der Waals surface area contributed by atoms with Crippen molar-refractivity contribution in [3.8, 4) is 5.75 Å². The molecule has 1 saturated heterocycles. The van der Waals surface area contributed by atoms with Gasteiger partial charge in [-0.05, 0) is 54.1 Å². The first kappa shape index (κ1) is 22.4. The first-order chi connectivity index (χ1) is 15.8. The van der Waals surface area contributed by atoms with E-state index in [-0.39, 0.29) is 11.3 Å². The maximum Gasteiger partial charge on any atom is 0.300 e. The predicted octanol–water partition coefficient (Wildman–Crippen LogP) is 4.44. The second-order valence-corrected chi connectivity index (χ2v) is 8.12. The van der Waals surface area contributed by atoms with Gasteiger partial charge in [-0.25, -0.2) is 0 Å². The quantitative estimate of drug-likeness (QED) is 0.342. The Morgan fingerprint density at radius 2 is 1.85 bits per heavy atom. The number of rotatable bonds is 5. The van der Waals surface area contributed by atoms with E-state index in [1.807, 2.05) is 31.1 Å². The lowest BCUT2D eigenvalue weighted by Gasteiger charge is -2.25. The van der Waals surface area contributed by atoms with Crippen molar-refractivity contribution >= 4 is 40.4 Å². The molecule has 2 aromatic carbocycles. The number of methoxy groups -OCH3 is 1. The molecule has 1 atom stereocenters. The number of aliphatic hydroxyl groups is 1. The fraction of sp³-hybridized carbons (Fsp3) is 0.160. The largest absolute Gasteiger partial charge is 0.507 e. The van der Waals surface area contributed by atoms with Crippen LogP contribution in [0.4, 0.5) is 11.4 Å². The highest BCUT2D eigenvalue weighted by atomic mass is 35.5. The molecule has 168 valence electrons. The number of Topliss-reactive ketones (excluding diaryl/α,β-unsaturated/α-hetero) is 1. The average Bonchev–Trinajstić information content (AvgIpc) is 3.10. The Labute approximate surface area is 196 Å². The second-order valence-electron chi connectivity index (χ2n) is 7.72. The topological polar surface area (TPSA) is 83.0 Å². The van der Waals surface area contributed by atoms with Crippen molar-refractivity contribution in [2.24, 2.45) is 0 Å². The van der Waals surface area contributed by atoms with Gasteiger partial charge < -0.3 is 14.7 Å². The molecule has 0 radical (unpaired) electrons. The maximum absolute atomic E-state index is 13.2. The molecular weight excluding hydrogens is 442 g/mol. The van der Waals surface area contributed by atoms with E-state index < -0.39 is 17.7 Å². The van der Waals surface area contributed by atoms with Gasteiger partial charge in [-0.1, -0.05) is 17.7 Å². The number of hydrogen-bond acceptors (Lipinski definition) is 6.